The Bertz CT molecular complexity index is 1710. The van der Waals surface area contributed by atoms with E-state index in [2.05, 4.69) is 86.3 Å². The summed E-state index contributed by atoms with van der Waals surface area (Å²) in [6.07, 6.45) is 4.92. The van der Waals surface area contributed by atoms with Gasteiger partial charge < -0.3 is 5.32 Å². The normalized spacial score (nSPS) is 15.5. The van der Waals surface area contributed by atoms with Crippen LogP contribution in [0.4, 0.5) is 0 Å². The molecule has 3 aromatic carbocycles. The number of aromatic nitrogens is 6. The average Bonchev–Trinajstić information content (AvgIpc) is 3.55. The molecule has 0 spiro atoms. The van der Waals surface area contributed by atoms with Crippen LogP contribution in [0.5, 0.6) is 0 Å². The Morgan fingerprint density at radius 3 is 2.89 bits per heavy atom. The molecule has 0 aliphatic carbocycles. The van der Waals surface area contributed by atoms with Crippen molar-refractivity contribution in [2.45, 2.75) is 19.4 Å². The number of pyridine rings is 1. The summed E-state index contributed by atoms with van der Waals surface area (Å²) in [5, 5.41) is 22.3. The summed E-state index contributed by atoms with van der Waals surface area (Å²) in [5.41, 5.74) is 9.34. The van der Waals surface area contributed by atoms with Crippen molar-refractivity contribution in [3.63, 3.8) is 0 Å². The first-order valence-electron chi connectivity index (χ1n) is 11.9. The van der Waals surface area contributed by atoms with E-state index in [1.807, 2.05) is 35.3 Å². The van der Waals surface area contributed by atoms with Crippen molar-refractivity contribution in [3.05, 3.63) is 90.3 Å². The number of benzene rings is 3. The minimum atomic E-state index is 0.333. The minimum Gasteiger partial charge on any atom is -0.310 e. The molecule has 7 rings (SSSR count). The number of fused-ring (bicyclic) bond motifs is 3. The van der Waals surface area contributed by atoms with Crippen molar-refractivity contribution in [2.24, 2.45) is 0 Å². The number of nitrogens with one attached hydrogen (secondary N) is 2. The summed E-state index contributed by atoms with van der Waals surface area (Å²) in [4.78, 5) is 4.63. The predicted molar refractivity (Wildman–Crippen MR) is 137 cm³/mol. The first-order valence-corrected chi connectivity index (χ1v) is 11.9. The Labute approximate surface area is 201 Å². The highest BCUT2D eigenvalue weighted by Gasteiger charge is 2.18. The maximum Gasteiger partial charge on any atom is 0.134 e. The van der Waals surface area contributed by atoms with Crippen molar-refractivity contribution in [1.29, 1.82) is 0 Å². The summed E-state index contributed by atoms with van der Waals surface area (Å²) < 4.78 is 1.83. The lowest BCUT2D eigenvalue weighted by Crippen LogP contribution is -2.27. The molecule has 6 aromatic rings. The lowest BCUT2D eigenvalue weighted by molar-refractivity contribution is 0.540. The Morgan fingerprint density at radius 1 is 0.971 bits per heavy atom. The fourth-order valence-corrected chi connectivity index (χ4v) is 5.01. The standard InChI is InChI=1S/C28H23N7/c1-17-23-14-22(8-6-18(23)10-11-29-17)35-16-27(32-34-35)28-24-13-19(7-9-26(24)31-33-28)21-12-20-4-2-3-5-25(20)30-15-21/h2-9,12-17,29H,10-11H2,1H3,(H,31,33). The third-order valence-corrected chi connectivity index (χ3v) is 6.93. The number of nitrogens with zero attached hydrogens (tertiary/aromatic N) is 5. The second-order valence-corrected chi connectivity index (χ2v) is 9.11. The Morgan fingerprint density at radius 2 is 1.91 bits per heavy atom. The molecule has 0 saturated carbocycles. The van der Waals surface area contributed by atoms with Crippen LogP contribution >= 0.6 is 0 Å². The summed E-state index contributed by atoms with van der Waals surface area (Å²) in [5.74, 6) is 0. The van der Waals surface area contributed by atoms with Gasteiger partial charge in [0.05, 0.1) is 22.9 Å². The van der Waals surface area contributed by atoms with Gasteiger partial charge in [-0.3, -0.25) is 10.1 Å². The van der Waals surface area contributed by atoms with E-state index in [4.69, 9.17) is 0 Å². The van der Waals surface area contributed by atoms with E-state index in [0.717, 1.165) is 63.0 Å². The van der Waals surface area contributed by atoms with E-state index >= 15 is 0 Å². The third-order valence-electron chi connectivity index (χ3n) is 6.93. The van der Waals surface area contributed by atoms with Gasteiger partial charge in [0, 0.05) is 28.6 Å². The quantitative estimate of drug-likeness (QED) is 0.380. The van der Waals surface area contributed by atoms with Crippen LogP contribution in [0.2, 0.25) is 0 Å². The molecular weight excluding hydrogens is 434 g/mol. The molecule has 2 N–H and O–H groups in total. The lowest BCUT2D eigenvalue weighted by Gasteiger charge is -2.24. The van der Waals surface area contributed by atoms with Gasteiger partial charge in [-0.1, -0.05) is 35.5 Å². The molecule has 1 atom stereocenters. The fraction of sp³-hybridized carbons (Fsp3) is 0.143. The molecule has 0 bridgehead atoms. The lowest BCUT2D eigenvalue weighted by atomic mass is 9.95. The number of hydrogen-bond acceptors (Lipinski definition) is 5. The van der Waals surface area contributed by atoms with E-state index in [-0.39, 0.29) is 0 Å². The highest BCUT2D eigenvalue weighted by molar-refractivity contribution is 5.95. The second-order valence-electron chi connectivity index (χ2n) is 9.11. The van der Waals surface area contributed by atoms with E-state index in [9.17, 15) is 0 Å². The molecule has 1 aliphatic rings. The Hall–Kier alpha value is -4.36. The zero-order chi connectivity index (χ0) is 23.4. The van der Waals surface area contributed by atoms with Gasteiger partial charge in [0.25, 0.3) is 0 Å². The van der Waals surface area contributed by atoms with Crippen molar-refractivity contribution in [1.82, 2.24) is 35.5 Å². The largest absolute Gasteiger partial charge is 0.310 e. The van der Waals surface area contributed by atoms with E-state index in [0.29, 0.717) is 6.04 Å². The fourth-order valence-electron chi connectivity index (χ4n) is 5.01. The van der Waals surface area contributed by atoms with Crippen LogP contribution in [0.25, 0.3) is 50.0 Å². The van der Waals surface area contributed by atoms with Crippen molar-refractivity contribution >= 4 is 21.8 Å². The topological polar surface area (TPSA) is 84.3 Å². The molecule has 170 valence electrons. The molecule has 1 unspecified atom stereocenters. The van der Waals surface area contributed by atoms with Crippen LogP contribution in [0, 0.1) is 0 Å². The van der Waals surface area contributed by atoms with Crippen LogP contribution < -0.4 is 5.32 Å². The maximum absolute atomic E-state index is 4.63. The average molecular weight is 458 g/mol. The molecule has 0 amide bonds. The number of para-hydroxylation sites is 1. The molecule has 7 heteroatoms. The van der Waals surface area contributed by atoms with Crippen molar-refractivity contribution in [2.75, 3.05) is 6.54 Å². The van der Waals surface area contributed by atoms with Crippen LogP contribution in [0.1, 0.15) is 24.1 Å². The first kappa shape index (κ1) is 20.1. The molecular formula is C28H23N7. The monoisotopic (exact) mass is 457 g/mol. The van der Waals surface area contributed by atoms with Crippen LogP contribution in [-0.4, -0.2) is 36.7 Å². The summed E-state index contributed by atoms with van der Waals surface area (Å²) in [7, 11) is 0. The molecule has 3 aromatic heterocycles. The van der Waals surface area contributed by atoms with E-state index in [1.165, 1.54) is 11.1 Å². The maximum atomic E-state index is 4.63. The van der Waals surface area contributed by atoms with Gasteiger partial charge >= 0.3 is 0 Å². The van der Waals surface area contributed by atoms with E-state index < -0.39 is 0 Å². The molecule has 4 heterocycles. The van der Waals surface area contributed by atoms with Crippen molar-refractivity contribution < 1.29 is 0 Å². The smallest absolute Gasteiger partial charge is 0.134 e. The number of hydrogen-bond donors (Lipinski definition) is 2. The van der Waals surface area contributed by atoms with Crippen LogP contribution in [0.3, 0.4) is 0 Å². The molecule has 1 aliphatic heterocycles. The molecule has 0 saturated heterocycles. The number of rotatable bonds is 3. The van der Waals surface area contributed by atoms with Gasteiger partial charge in [0.2, 0.25) is 0 Å². The van der Waals surface area contributed by atoms with Gasteiger partial charge in [0.1, 0.15) is 11.4 Å². The summed E-state index contributed by atoms with van der Waals surface area (Å²) in [6.45, 7) is 3.22. The minimum absolute atomic E-state index is 0.333. The Kier molecular flexibility index (Phi) is 4.50. The van der Waals surface area contributed by atoms with Crippen LogP contribution in [0.15, 0.2) is 79.1 Å². The van der Waals surface area contributed by atoms with Crippen LogP contribution in [-0.2, 0) is 6.42 Å². The highest BCUT2D eigenvalue weighted by atomic mass is 15.4. The van der Waals surface area contributed by atoms with Gasteiger partial charge in [-0.15, -0.1) is 5.10 Å². The predicted octanol–water partition coefficient (Wildman–Crippen LogP) is 5.23. The second kappa shape index (κ2) is 7.85. The van der Waals surface area contributed by atoms with E-state index in [1.54, 1.807) is 0 Å². The number of aromatic amines is 1. The first-order chi connectivity index (χ1) is 17.2. The zero-order valence-corrected chi connectivity index (χ0v) is 19.2. The zero-order valence-electron chi connectivity index (χ0n) is 19.2. The molecule has 0 radical (unpaired) electrons. The highest BCUT2D eigenvalue weighted by Crippen LogP contribution is 2.31. The van der Waals surface area contributed by atoms with Crippen molar-refractivity contribution in [3.8, 4) is 28.2 Å². The number of H-pyrrole nitrogens is 1. The molecule has 7 nitrogen and oxygen atoms in total. The van der Waals surface area contributed by atoms with Gasteiger partial charge in [0.15, 0.2) is 0 Å². The molecule has 0 fully saturated rings. The summed E-state index contributed by atoms with van der Waals surface area (Å²) >= 11 is 0. The van der Waals surface area contributed by atoms with Gasteiger partial charge in [-0.2, -0.15) is 5.10 Å². The third kappa shape index (κ3) is 3.40. The van der Waals surface area contributed by atoms with Gasteiger partial charge in [-0.25, -0.2) is 4.68 Å². The van der Waals surface area contributed by atoms with Gasteiger partial charge in [-0.05, 0) is 73.0 Å². The Balaban J connectivity index is 1.27. The SMILES string of the molecule is CC1NCCc2ccc(-n3cc(-c4n[nH]c5ccc(-c6cnc7ccccc7c6)cc45)nn3)cc21. The molecule has 35 heavy (non-hydrogen) atoms. The summed E-state index contributed by atoms with van der Waals surface area (Å²) in [6, 6.07) is 23.5.